The van der Waals surface area contributed by atoms with Gasteiger partial charge in [-0.15, -0.1) is 0 Å². The van der Waals surface area contributed by atoms with Gasteiger partial charge in [0.1, 0.15) is 0 Å². The first kappa shape index (κ1) is 44.0. The predicted octanol–water partition coefficient (Wildman–Crippen LogP) is 19.3. The van der Waals surface area contributed by atoms with Crippen molar-refractivity contribution in [3.8, 4) is 50.2 Å². The molecule has 0 saturated carbocycles. The zero-order valence-corrected chi connectivity index (χ0v) is 42.1. The molecule has 0 fully saturated rings. The lowest BCUT2D eigenvalue weighted by Gasteiger charge is -2.32. The van der Waals surface area contributed by atoms with Crippen molar-refractivity contribution in [3.63, 3.8) is 0 Å². The molecule has 1 heterocycles. The quantitative estimate of drug-likeness (QED) is 0.133. The Morgan fingerprint density at radius 1 is 0.528 bits per heavy atom. The minimum absolute atomic E-state index is 0.126. The van der Waals surface area contributed by atoms with Gasteiger partial charge in [0.05, 0.1) is 11.0 Å². The molecule has 3 aliphatic rings. The molecule has 0 radical (unpaired) electrons. The van der Waals surface area contributed by atoms with Crippen molar-refractivity contribution in [1.29, 1.82) is 0 Å². The van der Waals surface area contributed by atoms with E-state index in [2.05, 4.69) is 262 Å². The number of anilines is 3. The largest absolute Gasteiger partial charge is 0.310 e. The number of fused-ring (bicyclic) bond motifs is 11. The second kappa shape index (κ2) is 17.1. The molecule has 0 amide bonds. The molecule has 2 nitrogen and oxygen atoms in total. The van der Waals surface area contributed by atoms with E-state index in [0.717, 1.165) is 23.5 Å². The lowest BCUT2D eigenvalue weighted by Crippen LogP contribution is -2.26. The summed E-state index contributed by atoms with van der Waals surface area (Å²) in [6, 6.07) is 77.5. The second-order valence-corrected chi connectivity index (χ2v) is 21.1. The third-order valence-corrected chi connectivity index (χ3v) is 16.9. The Balaban J connectivity index is 0.924. The van der Waals surface area contributed by atoms with Gasteiger partial charge in [-0.25, -0.2) is 0 Å². The average molecular weight is 929 g/mol. The van der Waals surface area contributed by atoms with Crippen molar-refractivity contribution in [3.05, 3.63) is 252 Å². The summed E-state index contributed by atoms with van der Waals surface area (Å²) in [7, 11) is 0. The molecule has 1 aromatic heterocycles. The molecule has 0 bridgehead atoms. The van der Waals surface area contributed by atoms with Crippen LogP contribution in [0.25, 0.3) is 72.0 Å². The van der Waals surface area contributed by atoms with Crippen LogP contribution in [0.3, 0.4) is 0 Å². The van der Waals surface area contributed by atoms with Gasteiger partial charge in [0.15, 0.2) is 0 Å². The molecule has 13 rings (SSSR count). The summed E-state index contributed by atoms with van der Waals surface area (Å²) in [5, 5.41) is 2.52. The molecule has 9 aromatic carbocycles. The highest BCUT2D eigenvalue weighted by atomic mass is 15.1. The zero-order chi connectivity index (χ0) is 48.7. The molecular formula is C70H60N2. The zero-order valence-electron chi connectivity index (χ0n) is 42.1. The average Bonchev–Trinajstić information content (AvgIpc) is 4.08. The van der Waals surface area contributed by atoms with E-state index in [-0.39, 0.29) is 10.8 Å². The minimum atomic E-state index is -0.192. The van der Waals surface area contributed by atoms with E-state index in [1.807, 2.05) is 0 Å². The van der Waals surface area contributed by atoms with E-state index in [1.165, 1.54) is 119 Å². The van der Waals surface area contributed by atoms with E-state index in [0.29, 0.717) is 5.92 Å². The van der Waals surface area contributed by atoms with Gasteiger partial charge in [-0.2, -0.15) is 0 Å². The number of rotatable bonds is 10. The number of para-hydroxylation sites is 2. The standard InChI is InChI=1S/C70H60N2/c1-6-8-20-50-45-70(62(19-7-2)46(50)3)64-29-16-13-24-57(64)60-27-18-26-55(68(60)70)48-33-38-53(39-34-48)71(54-40-41-58-56-23-12-15-28-63(56)69(4,5)65(58)44-54)52-36-31-47(32-37-52)49-35-42-67-61(43-49)59-25-14-17-30-66(59)72(67)51-21-10-9-11-22-51/h7,9-19,21-44,50H,6,8,20,45H2,1-5H3/b19-7-. The van der Waals surface area contributed by atoms with Crippen LogP contribution in [-0.4, -0.2) is 4.57 Å². The fourth-order valence-electron chi connectivity index (χ4n) is 13.5. The van der Waals surface area contributed by atoms with Gasteiger partial charge in [-0.1, -0.05) is 191 Å². The Hall–Kier alpha value is -7.94. The Morgan fingerprint density at radius 2 is 1.12 bits per heavy atom. The number of unbranched alkanes of at least 4 members (excludes halogenated alkanes) is 1. The van der Waals surface area contributed by atoms with Gasteiger partial charge in [0.2, 0.25) is 0 Å². The number of hydrogen-bond acceptors (Lipinski definition) is 1. The predicted molar refractivity (Wildman–Crippen MR) is 305 cm³/mol. The maximum absolute atomic E-state index is 2.46. The van der Waals surface area contributed by atoms with Crippen LogP contribution < -0.4 is 4.90 Å². The van der Waals surface area contributed by atoms with Crippen molar-refractivity contribution in [2.45, 2.75) is 71.1 Å². The fourth-order valence-corrected chi connectivity index (χ4v) is 13.5. The first-order valence-corrected chi connectivity index (χ1v) is 26.2. The summed E-state index contributed by atoms with van der Waals surface area (Å²) in [5.74, 6) is 0.556. The van der Waals surface area contributed by atoms with Crippen LogP contribution >= 0.6 is 0 Å². The SMILES string of the molecule is C/C=C\C1=C(C)C(CCCC)CC12c1ccccc1-c1cccc(-c3ccc(N(c4ccc(-c5ccc6c(c5)c5ccccc5n6-c5ccccc5)cc4)c4ccc5c(c4)C(C)(C)c4ccccc4-5)cc3)c12. The summed E-state index contributed by atoms with van der Waals surface area (Å²) >= 11 is 0. The van der Waals surface area contributed by atoms with Crippen LogP contribution in [-0.2, 0) is 10.8 Å². The van der Waals surface area contributed by atoms with Crippen LogP contribution in [0, 0.1) is 5.92 Å². The molecule has 2 unspecified atom stereocenters. The van der Waals surface area contributed by atoms with Gasteiger partial charge in [0, 0.05) is 44.4 Å². The summed E-state index contributed by atoms with van der Waals surface area (Å²) in [4.78, 5) is 2.46. The van der Waals surface area contributed by atoms with Gasteiger partial charge in [-0.3, -0.25) is 0 Å². The molecule has 0 saturated heterocycles. The molecule has 0 N–H and O–H groups in total. The van der Waals surface area contributed by atoms with Gasteiger partial charge < -0.3 is 9.47 Å². The summed E-state index contributed by atoms with van der Waals surface area (Å²) in [6.07, 6.45) is 9.53. The third-order valence-electron chi connectivity index (χ3n) is 16.9. The lowest BCUT2D eigenvalue weighted by molar-refractivity contribution is 0.462. The van der Waals surface area contributed by atoms with E-state index in [1.54, 1.807) is 5.57 Å². The van der Waals surface area contributed by atoms with Crippen LogP contribution in [0.5, 0.6) is 0 Å². The van der Waals surface area contributed by atoms with Crippen LogP contribution in [0.1, 0.15) is 82.6 Å². The van der Waals surface area contributed by atoms with Crippen molar-refractivity contribution in [2.24, 2.45) is 5.92 Å². The Labute approximate surface area is 425 Å². The van der Waals surface area contributed by atoms with Crippen LogP contribution in [0.2, 0.25) is 0 Å². The molecule has 72 heavy (non-hydrogen) atoms. The third kappa shape index (κ3) is 6.61. The minimum Gasteiger partial charge on any atom is -0.310 e. The molecule has 2 atom stereocenters. The van der Waals surface area contributed by atoms with Crippen LogP contribution in [0.15, 0.2) is 230 Å². The summed E-state index contributed by atoms with van der Waals surface area (Å²) in [6.45, 7) is 11.7. The van der Waals surface area contributed by atoms with Crippen LogP contribution in [0.4, 0.5) is 17.1 Å². The lowest BCUT2D eigenvalue weighted by atomic mass is 9.69. The Kier molecular flexibility index (Phi) is 10.5. The first-order valence-electron chi connectivity index (χ1n) is 26.2. The first-order chi connectivity index (χ1) is 35.3. The monoisotopic (exact) mass is 928 g/mol. The number of benzene rings is 9. The van der Waals surface area contributed by atoms with Gasteiger partial charge in [0.25, 0.3) is 0 Å². The van der Waals surface area contributed by atoms with E-state index in [4.69, 9.17) is 0 Å². The van der Waals surface area contributed by atoms with Crippen molar-refractivity contribution in [2.75, 3.05) is 4.90 Å². The van der Waals surface area contributed by atoms with Gasteiger partial charge in [-0.05, 0) is 172 Å². The molecule has 3 aliphatic carbocycles. The maximum atomic E-state index is 2.46. The topological polar surface area (TPSA) is 8.17 Å². The van der Waals surface area contributed by atoms with E-state index in [9.17, 15) is 0 Å². The van der Waals surface area contributed by atoms with Crippen molar-refractivity contribution < 1.29 is 0 Å². The highest BCUT2D eigenvalue weighted by Gasteiger charge is 2.52. The van der Waals surface area contributed by atoms with Gasteiger partial charge >= 0.3 is 0 Å². The molecule has 350 valence electrons. The fraction of sp³-hybridized carbons (Fsp3) is 0.171. The van der Waals surface area contributed by atoms with E-state index >= 15 is 0 Å². The van der Waals surface area contributed by atoms with Crippen molar-refractivity contribution in [1.82, 2.24) is 4.57 Å². The molecule has 2 heteroatoms. The maximum Gasteiger partial charge on any atom is 0.0541 e. The second-order valence-electron chi connectivity index (χ2n) is 21.1. The smallest absolute Gasteiger partial charge is 0.0541 e. The number of aromatic nitrogens is 1. The number of hydrogen-bond donors (Lipinski definition) is 0. The Bertz CT molecular complexity index is 3810. The number of nitrogens with zero attached hydrogens (tertiary/aromatic N) is 2. The van der Waals surface area contributed by atoms with E-state index < -0.39 is 0 Å². The summed E-state index contributed by atoms with van der Waals surface area (Å²) < 4.78 is 2.39. The normalized spacial score (nSPS) is 17.3. The molecule has 0 aliphatic heterocycles. The number of allylic oxidation sites excluding steroid dienone is 4. The highest BCUT2D eigenvalue weighted by Crippen LogP contribution is 2.63. The molecule has 1 spiro atoms. The Morgan fingerprint density at radius 3 is 1.88 bits per heavy atom. The summed E-state index contributed by atoms with van der Waals surface area (Å²) in [5.41, 5.74) is 25.8. The molecule has 10 aromatic rings. The highest BCUT2D eigenvalue weighted by molar-refractivity contribution is 6.10. The van der Waals surface area contributed by atoms with Crippen molar-refractivity contribution >= 4 is 38.9 Å². The molecular weight excluding hydrogens is 869 g/mol.